The zero-order valence-corrected chi connectivity index (χ0v) is 13.7. The Morgan fingerprint density at radius 1 is 0.917 bits per heavy atom. The molecule has 124 valence electrons. The molecule has 0 fully saturated rings. The Balaban J connectivity index is 2.17. The van der Waals surface area contributed by atoms with Gasteiger partial charge in [0.15, 0.2) is 5.78 Å². The quantitative estimate of drug-likeness (QED) is 0.462. The van der Waals surface area contributed by atoms with Crippen molar-refractivity contribution < 1.29 is 23.8 Å². The average molecular weight is 326 g/mol. The zero-order valence-electron chi connectivity index (χ0n) is 13.7. The van der Waals surface area contributed by atoms with Gasteiger partial charge in [0.05, 0.1) is 32.5 Å². The number of methoxy groups -OCH3 is 3. The molecule has 0 aliphatic heterocycles. The van der Waals surface area contributed by atoms with E-state index in [2.05, 4.69) is 4.74 Å². The van der Waals surface area contributed by atoms with Gasteiger partial charge in [-0.25, -0.2) is 4.79 Å². The lowest BCUT2D eigenvalue weighted by atomic mass is 10.1. The Bertz CT molecular complexity index is 760. The van der Waals surface area contributed by atoms with E-state index in [9.17, 15) is 9.59 Å². The Morgan fingerprint density at radius 3 is 2.21 bits per heavy atom. The highest BCUT2D eigenvalue weighted by atomic mass is 16.5. The predicted octanol–water partition coefficient (Wildman–Crippen LogP) is 3.39. The SMILES string of the molecule is COC(=O)c1ccc(C=CC(=O)c2ccc(OC)cc2OC)cc1. The van der Waals surface area contributed by atoms with Crippen molar-refractivity contribution in [3.63, 3.8) is 0 Å². The van der Waals surface area contributed by atoms with Crippen molar-refractivity contribution in [3.05, 3.63) is 65.2 Å². The summed E-state index contributed by atoms with van der Waals surface area (Å²) < 4.78 is 15.0. The van der Waals surface area contributed by atoms with Gasteiger partial charge in [-0.2, -0.15) is 0 Å². The molecule has 0 aromatic heterocycles. The molecule has 0 bridgehead atoms. The number of carbonyl (C=O) groups excluding carboxylic acids is 2. The second kappa shape index (κ2) is 7.97. The highest BCUT2D eigenvalue weighted by Gasteiger charge is 2.11. The first kappa shape index (κ1) is 17.3. The molecule has 24 heavy (non-hydrogen) atoms. The van der Waals surface area contributed by atoms with Gasteiger partial charge in [-0.1, -0.05) is 18.2 Å². The highest BCUT2D eigenvalue weighted by molar-refractivity contribution is 6.08. The van der Waals surface area contributed by atoms with E-state index < -0.39 is 5.97 Å². The molecule has 0 saturated heterocycles. The van der Waals surface area contributed by atoms with Gasteiger partial charge in [-0.05, 0) is 35.9 Å². The molecular formula is C19H18O5. The van der Waals surface area contributed by atoms with Gasteiger partial charge in [0.25, 0.3) is 0 Å². The van der Waals surface area contributed by atoms with Crippen LogP contribution < -0.4 is 9.47 Å². The maximum absolute atomic E-state index is 12.3. The summed E-state index contributed by atoms with van der Waals surface area (Å²) in [7, 11) is 4.38. The zero-order chi connectivity index (χ0) is 17.5. The highest BCUT2D eigenvalue weighted by Crippen LogP contribution is 2.25. The summed E-state index contributed by atoms with van der Waals surface area (Å²) in [6, 6.07) is 11.8. The predicted molar refractivity (Wildman–Crippen MR) is 90.7 cm³/mol. The van der Waals surface area contributed by atoms with Crippen LogP contribution in [0.5, 0.6) is 11.5 Å². The number of esters is 1. The molecule has 0 spiro atoms. The number of ketones is 1. The summed E-state index contributed by atoms with van der Waals surface area (Å²) in [5, 5.41) is 0. The second-order valence-electron chi connectivity index (χ2n) is 4.88. The van der Waals surface area contributed by atoms with E-state index in [-0.39, 0.29) is 5.78 Å². The fourth-order valence-corrected chi connectivity index (χ4v) is 2.11. The summed E-state index contributed by atoms with van der Waals surface area (Å²) in [6.45, 7) is 0. The van der Waals surface area contributed by atoms with Crippen molar-refractivity contribution in [2.75, 3.05) is 21.3 Å². The third kappa shape index (κ3) is 4.01. The van der Waals surface area contributed by atoms with E-state index in [0.717, 1.165) is 5.56 Å². The first-order valence-electron chi connectivity index (χ1n) is 7.22. The molecule has 2 rings (SSSR count). The van der Waals surface area contributed by atoms with Gasteiger partial charge in [0.2, 0.25) is 0 Å². The van der Waals surface area contributed by atoms with Crippen molar-refractivity contribution >= 4 is 17.8 Å². The first-order chi connectivity index (χ1) is 11.6. The molecule has 5 heteroatoms. The maximum Gasteiger partial charge on any atom is 0.337 e. The Kier molecular flexibility index (Phi) is 5.73. The monoisotopic (exact) mass is 326 g/mol. The number of carbonyl (C=O) groups is 2. The number of benzene rings is 2. The number of hydrogen-bond donors (Lipinski definition) is 0. The molecule has 0 amide bonds. The van der Waals surface area contributed by atoms with Crippen LogP contribution in [0.4, 0.5) is 0 Å². The summed E-state index contributed by atoms with van der Waals surface area (Å²) >= 11 is 0. The normalized spacial score (nSPS) is 10.5. The van der Waals surface area contributed by atoms with Gasteiger partial charge in [0.1, 0.15) is 11.5 Å². The lowest BCUT2D eigenvalue weighted by molar-refractivity contribution is 0.0600. The van der Waals surface area contributed by atoms with E-state index in [4.69, 9.17) is 9.47 Å². The minimum atomic E-state index is -0.399. The number of ether oxygens (including phenoxy) is 3. The van der Waals surface area contributed by atoms with Crippen LogP contribution in [0, 0.1) is 0 Å². The molecule has 0 aliphatic rings. The molecule has 0 atom stereocenters. The van der Waals surface area contributed by atoms with E-state index >= 15 is 0 Å². The van der Waals surface area contributed by atoms with Crippen molar-refractivity contribution in [1.82, 2.24) is 0 Å². The van der Waals surface area contributed by atoms with E-state index in [1.807, 2.05) is 0 Å². The van der Waals surface area contributed by atoms with Gasteiger partial charge in [-0.3, -0.25) is 4.79 Å². The molecule has 0 N–H and O–H groups in total. The van der Waals surface area contributed by atoms with Crippen molar-refractivity contribution in [3.8, 4) is 11.5 Å². The molecule has 2 aromatic rings. The molecule has 2 aromatic carbocycles. The van der Waals surface area contributed by atoms with Crippen LogP contribution in [-0.2, 0) is 4.74 Å². The van der Waals surface area contributed by atoms with Crippen LogP contribution in [-0.4, -0.2) is 33.1 Å². The van der Waals surface area contributed by atoms with Gasteiger partial charge in [0, 0.05) is 6.07 Å². The smallest absolute Gasteiger partial charge is 0.337 e. The van der Waals surface area contributed by atoms with Crippen LogP contribution in [0.25, 0.3) is 6.08 Å². The maximum atomic E-state index is 12.3. The van der Waals surface area contributed by atoms with Crippen molar-refractivity contribution in [1.29, 1.82) is 0 Å². The fraction of sp³-hybridized carbons (Fsp3) is 0.158. The third-order valence-corrected chi connectivity index (χ3v) is 3.43. The van der Waals surface area contributed by atoms with Crippen molar-refractivity contribution in [2.45, 2.75) is 0 Å². The molecule has 0 saturated carbocycles. The number of hydrogen-bond acceptors (Lipinski definition) is 5. The summed E-state index contributed by atoms with van der Waals surface area (Å²) in [4.78, 5) is 23.7. The summed E-state index contributed by atoms with van der Waals surface area (Å²) in [6.07, 6.45) is 3.13. The molecule has 0 radical (unpaired) electrons. The molecular weight excluding hydrogens is 308 g/mol. The fourth-order valence-electron chi connectivity index (χ4n) is 2.11. The van der Waals surface area contributed by atoms with Crippen LogP contribution >= 0.6 is 0 Å². The topological polar surface area (TPSA) is 61.8 Å². The third-order valence-electron chi connectivity index (χ3n) is 3.43. The van der Waals surface area contributed by atoms with Gasteiger partial charge in [-0.15, -0.1) is 0 Å². The summed E-state index contributed by atoms with van der Waals surface area (Å²) in [5.74, 6) is 0.479. The average Bonchev–Trinajstić information content (AvgIpc) is 2.65. The van der Waals surface area contributed by atoms with Crippen LogP contribution in [0.1, 0.15) is 26.3 Å². The largest absolute Gasteiger partial charge is 0.497 e. The molecule has 5 nitrogen and oxygen atoms in total. The van der Waals surface area contributed by atoms with Crippen LogP contribution in [0.15, 0.2) is 48.5 Å². The lowest BCUT2D eigenvalue weighted by Crippen LogP contribution is -2.00. The Labute approximate surface area is 140 Å². The van der Waals surface area contributed by atoms with Crippen LogP contribution in [0.2, 0.25) is 0 Å². The Hall–Kier alpha value is -3.08. The first-order valence-corrected chi connectivity index (χ1v) is 7.22. The van der Waals surface area contributed by atoms with E-state index in [0.29, 0.717) is 22.6 Å². The lowest BCUT2D eigenvalue weighted by Gasteiger charge is -2.07. The number of rotatable bonds is 6. The van der Waals surface area contributed by atoms with Crippen LogP contribution in [0.3, 0.4) is 0 Å². The number of allylic oxidation sites excluding steroid dienone is 1. The van der Waals surface area contributed by atoms with Gasteiger partial charge >= 0.3 is 5.97 Å². The van der Waals surface area contributed by atoms with E-state index in [1.54, 1.807) is 55.7 Å². The van der Waals surface area contributed by atoms with Gasteiger partial charge < -0.3 is 14.2 Å². The standard InChI is InChI=1S/C19H18O5/c1-22-15-9-10-16(18(12-15)23-2)17(20)11-6-13-4-7-14(8-5-13)19(21)24-3/h4-12H,1-3H3. The minimum absolute atomic E-state index is 0.188. The molecule has 0 unspecified atom stereocenters. The molecule has 0 aliphatic carbocycles. The Morgan fingerprint density at radius 2 is 1.62 bits per heavy atom. The van der Waals surface area contributed by atoms with Crippen molar-refractivity contribution in [2.24, 2.45) is 0 Å². The minimum Gasteiger partial charge on any atom is -0.497 e. The second-order valence-corrected chi connectivity index (χ2v) is 4.88. The summed E-state index contributed by atoms with van der Waals surface area (Å²) in [5.41, 5.74) is 1.70. The van der Waals surface area contributed by atoms with E-state index in [1.165, 1.54) is 20.3 Å². The molecule has 0 heterocycles.